The van der Waals surface area contributed by atoms with Gasteiger partial charge >= 0.3 is 18.0 Å². The lowest BCUT2D eigenvalue weighted by Crippen LogP contribution is -2.44. The number of urea groups is 1. The molecule has 1 fully saturated rings. The third-order valence-corrected chi connectivity index (χ3v) is 8.73. The van der Waals surface area contributed by atoms with Crippen molar-refractivity contribution in [2.75, 3.05) is 27.3 Å². The Morgan fingerprint density at radius 2 is 1.87 bits per heavy atom. The van der Waals surface area contributed by atoms with Crippen LogP contribution in [0, 0.1) is 24.5 Å². The summed E-state index contributed by atoms with van der Waals surface area (Å²) in [6.45, 7) is 20.4. The molecule has 0 aromatic heterocycles. The van der Waals surface area contributed by atoms with Gasteiger partial charge in [0.25, 0.3) is 0 Å². The Morgan fingerprint density at radius 3 is 2.39 bits per heavy atom. The van der Waals surface area contributed by atoms with Crippen LogP contribution in [0.2, 0.25) is 0 Å². The minimum absolute atomic E-state index is 0.0232. The summed E-state index contributed by atoms with van der Waals surface area (Å²) in [5, 5.41) is 4.99. The van der Waals surface area contributed by atoms with Crippen molar-refractivity contribution in [2.45, 2.75) is 85.9 Å². The lowest BCUT2D eigenvalue weighted by molar-refractivity contribution is -0.146. The molecular formula is C34H48F2N4O5S. The second-order valence-corrected chi connectivity index (χ2v) is 13.0. The van der Waals surface area contributed by atoms with Crippen molar-refractivity contribution in [3.8, 4) is 0 Å². The van der Waals surface area contributed by atoms with Crippen molar-refractivity contribution in [3.05, 3.63) is 69.1 Å². The number of ether oxygens (including phenoxy) is 2. The van der Waals surface area contributed by atoms with Crippen LogP contribution in [0.3, 0.4) is 0 Å². The number of benzene rings is 1. The third kappa shape index (κ3) is 8.77. The largest absolute Gasteiger partial charge is 0.469 e. The van der Waals surface area contributed by atoms with Gasteiger partial charge in [-0.3, -0.25) is 9.79 Å². The van der Waals surface area contributed by atoms with E-state index in [1.54, 1.807) is 0 Å². The Labute approximate surface area is 276 Å². The van der Waals surface area contributed by atoms with Crippen LogP contribution in [0.15, 0.2) is 51.4 Å². The van der Waals surface area contributed by atoms with Gasteiger partial charge in [0.05, 0.1) is 31.8 Å². The van der Waals surface area contributed by atoms with Crippen LogP contribution in [-0.2, 0) is 19.1 Å². The molecule has 12 heteroatoms. The molecule has 9 nitrogen and oxygen atoms in total. The lowest BCUT2D eigenvalue weighted by atomic mass is 9.91. The Bertz CT molecular complexity index is 1400. The van der Waals surface area contributed by atoms with Gasteiger partial charge in [-0.05, 0) is 77.0 Å². The first-order chi connectivity index (χ1) is 21.6. The maximum Gasteiger partial charge on any atom is 0.338 e. The van der Waals surface area contributed by atoms with Crippen molar-refractivity contribution < 1.29 is 32.6 Å². The Kier molecular flexibility index (Phi) is 14.0. The second-order valence-electron chi connectivity index (χ2n) is 12.0. The van der Waals surface area contributed by atoms with E-state index in [0.29, 0.717) is 41.5 Å². The Balaban J connectivity index is 0.000000341. The van der Waals surface area contributed by atoms with Crippen molar-refractivity contribution >= 4 is 35.6 Å². The molecule has 1 saturated heterocycles. The molecule has 1 aromatic rings. The van der Waals surface area contributed by atoms with Gasteiger partial charge in [0.2, 0.25) is 0 Å². The van der Waals surface area contributed by atoms with E-state index in [1.165, 1.54) is 39.0 Å². The van der Waals surface area contributed by atoms with Gasteiger partial charge < -0.3 is 24.6 Å². The van der Waals surface area contributed by atoms with Crippen LogP contribution in [0.1, 0.15) is 78.5 Å². The number of carbonyl (C=O) groups is 3. The highest BCUT2D eigenvalue weighted by Crippen LogP contribution is 2.37. The number of nitrogens with zero attached hydrogens (tertiary/aromatic N) is 3. The Morgan fingerprint density at radius 1 is 1.22 bits per heavy atom. The number of nitrogens with one attached hydrogen (secondary N) is 1. The highest BCUT2D eigenvalue weighted by molar-refractivity contribution is 8.06. The molecule has 0 spiro atoms. The minimum atomic E-state index is -0.952. The lowest BCUT2D eigenvalue weighted by Gasteiger charge is -2.31. The van der Waals surface area contributed by atoms with Crippen LogP contribution in [0.4, 0.5) is 13.6 Å². The zero-order valence-corrected chi connectivity index (χ0v) is 29.4. The summed E-state index contributed by atoms with van der Waals surface area (Å²) >= 11 is 1.38. The molecule has 3 atom stereocenters. The summed E-state index contributed by atoms with van der Waals surface area (Å²) in [6.07, 6.45) is 3.25. The SMILES string of the molecule is C=C(S/C=C\C)C1=N[C@@H](c2ccc(F)c(F)c2C)C(C(=O)OC)=C(CC)N1.CCCN1C(=O)N(C(C)(C)C)C[C@@H]1C(C)C(=O)OC. The van der Waals surface area contributed by atoms with E-state index < -0.39 is 23.6 Å². The van der Waals surface area contributed by atoms with Gasteiger partial charge in [0.15, 0.2) is 11.6 Å². The average molecular weight is 663 g/mol. The standard InChI is InChI=1S/C20H22F2N2O2S.C14H26N2O3/c1-6-10-27-12(4)19-23-15(7-2)16(20(25)26-5)18(24-19)13-8-9-14(21)17(22)11(13)3;1-7-8-15-11(10(2)12(17)19-6)9-16(13(15)18)14(3,4)5/h6,8-10,18H,4,7H2,1-3,5H3,(H,23,24);10-11H,7-9H2,1-6H3/b10-6-;/t18-;10?,11-/m01/s1. The predicted molar refractivity (Wildman–Crippen MR) is 179 cm³/mol. The van der Waals surface area contributed by atoms with E-state index in [0.717, 1.165) is 12.5 Å². The number of halogens is 2. The van der Waals surface area contributed by atoms with Gasteiger partial charge in [-0.15, -0.1) is 0 Å². The number of allylic oxidation sites excluding steroid dienone is 2. The number of thioether (sulfide) groups is 1. The number of amidine groups is 1. The topological polar surface area (TPSA) is 101 Å². The first-order valence-electron chi connectivity index (χ1n) is 15.3. The molecule has 1 aromatic carbocycles. The molecule has 2 aliphatic heterocycles. The van der Waals surface area contributed by atoms with Crippen LogP contribution in [0.5, 0.6) is 0 Å². The molecule has 0 bridgehead atoms. The number of aliphatic imine (C=N–C) groups is 1. The number of amides is 2. The molecule has 1 N–H and O–H groups in total. The summed E-state index contributed by atoms with van der Waals surface area (Å²) in [5.74, 6) is -2.53. The summed E-state index contributed by atoms with van der Waals surface area (Å²) < 4.78 is 37.5. The first kappa shape index (κ1) is 38.5. The van der Waals surface area contributed by atoms with Crippen LogP contribution < -0.4 is 5.32 Å². The summed E-state index contributed by atoms with van der Waals surface area (Å²) in [7, 11) is 2.67. The quantitative estimate of drug-likeness (QED) is 0.268. The predicted octanol–water partition coefficient (Wildman–Crippen LogP) is 7.04. The number of rotatable bonds is 10. The van der Waals surface area contributed by atoms with E-state index in [-0.39, 0.29) is 40.6 Å². The minimum Gasteiger partial charge on any atom is -0.469 e. The van der Waals surface area contributed by atoms with Crippen LogP contribution in [-0.4, -0.2) is 72.5 Å². The number of hydrogen-bond donors (Lipinski definition) is 1. The van der Waals surface area contributed by atoms with Gasteiger partial charge in [0, 0.05) is 29.2 Å². The smallest absolute Gasteiger partial charge is 0.338 e. The molecule has 3 rings (SSSR count). The fourth-order valence-electron chi connectivity index (χ4n) is 5.26. The van der Waals surface area contributed by atoms with Crippen molar-refractivity contribution in [3.63, 3.8) is 0 Å². The molecule has 0 radical (unpaired) electrons. The molecule has 2 aliphatic rings. The van der Waals surface area contributed by atoms with E-state index in [1.807, 2.05) is 69.8 Å². The molecular weight excluding hydrogens is 614 g/mol. The molecule has 0 saturated carbocycles. The van der Waals surface area contributed by atoms with Gasteiger partial charge in [0.1, 0.15) is 11.9 Å². The highest BCUT2D eigenvalue weighted by atomic mass is 32.2. The van der Waals surface area contributed by atoms with E-state index in [4.69, 9.17) is 9.47 Å². The average Bonchev–Trinajstić information content (AvgIpc) is 3.37. The number of esters is 2. The monoisotopic (exact) mass is 662 g/mol. The molecule has 2 heterocycles. The molecule has 0 aliphatic carbocycles. The summed E-state index contributed by atoms with van der Waals surface area (Å²) in [5.41, 5.74) is 1.18. The maximum absolute atomic E-state index is 14.2. The maximum atomic E-state index is 14.2. The zero-order chi connectivity index (χ0) is 34.9. The number of carbonyl (C=O) groups excluding carboxylic acids is 3. The zero-order valence-electron chi connectivity index (χ0n) is 28.6. The molecule has 1 unspecified atom stereocenters. The van der Waals surface area contributed by atoms with Crippen molar-refractivity contribution in [1.82, 2.24) is 15.1 Å². The fourth-order valence-corrected chi connectivity index (χ4v) is 5.77. The molecule has 2 amide bonds. The number of hydrogen-bond acceptors (Lipinski definition) is 8. The number of methoxy groups -OCH3 is 2. The van der Waals surface area contributed by atoms with Crippen LogP contribution >= 0.6 is 11.8 Å². The first-order valence-corrected chi connectivity index (χ1v) is 16.2. The highest BCUT2D eigenvalue weighted by Gasteiger charge is 2.45. The summed E-state index contributed by atoms with van der Waals surface area (Å²) in [6, 6.07) is 1.60. The normalized spacial score (nSPS) is 19.0. The van der Waals surface area contributed by atoms with E-state index >= 15 is 0 Å². The van der Waals surface area contributed by atoms with Gasteiger partial charge in [-0.25, -0.2) is 18.4 Å². The molecule has 46 heavy (non-hydrogen) atoms. The van der Waals surface area contributed by atoms with Crippen molar-refractivity contribution in [1.29, 1.82) is 0 Å². The Hall–Kier alpha value is -3.67. The third-order valence-electron chi connectivity index (χ3n) is 7.84. The van der Waals surface area contributed by atoms with Crippen LogP contribution in [0.25, 0.3) is 0 Å². The van der Waals surface area contributed by atoms with Crippen molar-refractivity contribution in [2.24, 2.45) is 10.9 Å². The van der Waals surface area contributed by atoms with Gasteiger partial charge in [-0.2, -0.15) is 0 Å². The fraction of sp³-hybridized carbons (Fsp3) is 0.529. The molecule has 254 valence electrons. The second kappa shape index (κ2) is 16.8. The summed E-state index contributed by atoms with van der Waals surface area (Å²) in [4.78, 5) is 45.5. The van der Waals surface area contributed by atoms with E-state index in [2.05, 4.69) is 16.9 Å². The van der Waals surface area contributed by atoms with E-state index in [9.17, 15) is 23.2 Å². The van der Waals surface area contributed by atoms with Gasteiger partial charge in [-0.1, -0.05) is 44.3 Å².